The van der Waals surface area contributed by atoms with Crippen LogP contribution in [0.15, 0.2) is 4.79 Å². The Morgan fingerprint density at radius 3 is 2.54 bits per heavy atom. The maximum atomic E-state index is 13.1. The molecule has 0 unspecified atom stereocenters. The van der Waals surface area contributed by atoms with Crippen LogP contribution in [-0.2, 0) is 18.5 Å². The minimum absolute atomic E-state index is 0.0640. The summed E-state index contributed by atoms with van der Waals surface area (Å²) >= 11 is 0. The summed E-state index contributed by atoms with van der Waals surface area (Å²) in [5.41, 5.74) is 1.13. The van der Waals surface area contributed by atoms with Crippen molar-refractivity contribution in [2.45, 2.75) is 89.8 Å². The average molecular weight is 355 g/mol. The molecule has 3 fully saturated rings. The summed E-state index contributed by atoms with van der Waals surface area (Å²) in [7, 11) is 0. The van der Waals surface area contributed by atoms with E-state index in [0.29, 0.717) is 12.6 Å². The van der Waals surface area contributed by atoms with Gasteiger partial charge in [0.2, 0.25) is 0 Å². The summed E-state index contributed by atoms with van der Waals surface area (Å²) in [6, 6.07) is 0.312. The number of nitrogens with zero attached hydrogens (tertiary/aromatic N) is 4. The van der Waals surface area contributed by atoms with Gasteiger partial charge in [-0.25, -0.2) is 14.8 Å². The zero-order valence-corrected chi connectivity index (χ0v) is 15.9. The summed E-state index contributed by atoms with van der Waals surface area (Å²) < 4.78 is 3.75. The van der Waals surface area contributed by atoms with Gasteiger partial charge in [-0.15, -0.1) is 0 Å². The fourth-order valence-corrected chi connectivity index (χ4v) is 5.39. The quantitative estimate of drug-likeness (QED) is 0.913. The third-order valence-corrected chi connectivity index (χ3v) is 7.10. The molecule has 0 radical (unpaired) electrons. The Labute approximate surface area is 154 Å². The van der Waals surface area contributed by atoms with Gasteiger partial charge in [0.05, 0.1) is 0 Å². The van der Waals surface area contributed by atoms with E-state index < -0.39 is 0 Å². The molecule has 3 aliphatic heterocycles. The van der Waals surface area contributed by atoms with Crippen molar-refractivity contribution < 1.29 is 0 Å². The van der Waals surface area contributed by atoms with Crippen LogP contribution in [0.3, 0.4) is 0 Å². The molecule has 140 valence electrons. The third kappa shape index (κ3) is 2.20. The topological polar surface area (TPSA) is 64.7 Å². The Hall–Kier alpha value is -1.85. The van der Waals surface area contributed by atoms with E-state index in [0.717, 1.165) is 48.5 Å². The number of hydrogen-bond donors (Lipinski definition) is 1. The number of rotatable bonds is 4. The normalized spacial score (nSPS) is 29.9. The lowest BCUT2D eigenvalue weighted by molar-refractivity contribution is 0.129. The second kappa shape index (κ2) is 5.83. The lowest BCUT2D eigenvalue weighted by Gasteiger charge is -2.44. The zero-order chi connectivity index (χ0) is 17.9. The second-order valence-corrected chi connectivity index (χ2v) is 8.62. The van der Waals surface area contributed by atoms with Crippen LogP contribution in [0.5, 0.6) is 0 Å². The summed E-state index contributed by atoms with van der Waals surface area (Å²) in [6.07, 6.45) is 9.52. The number of fused-ring (bicyclic) bond motifs is 6. The molecule has 6 rings (SSSR count). The molecule has 0 aromatic carbocycles. The summed E-state index contributed by atoms with van der Waals surface area (Å²) in [6.45, 7) is 5.72. The zero-order valence-electron chi connectivity index (χ0n) is 15.9. The first-order chi connectivity index (χ1) is 12.6. The van der Waals surface area contributed by atoms with Crippen molar-refractivity contribution in [3.63, 3.8) is 0 Å². The average Bonchev–Trinajstić information content (AvgIpc) is 3.31. The Morgan fingerprint density at radius 1 is 1.15 bits per heavy atom. The minimum Gasteiger partial charge on any atom is -0.365 e. The molecule has 2 bridgehead atoms. The Kier molecular flexibility index (Phi) is 3.66. The molecular weight excluding hydrogens is 326 g/mol. The molecule has 0 aromatic heterocycles. The lowest BCUT2D eigenvalue weighted by Crippen LogP contribution is -2.38. The van der Waals surface area contributed by atoms with Crippen LogP contribution in [0.2, 0.25) is 0 Å². The number of nitrogens with one attached hydrogen (secondary N) is 1. The largest absolute Gasteiger partial charge is 0.365 e. The first kappa shape index (κ1) is 16.3. The second-order valence-electron chi connectivity index (χ2n) is 8.62. The highest BCUT2D eigenvalue weighted by molar-refractivity contribution is 5.70. The van der Waals surface area contributed by atoms with Gasteiger partial charge in [-0.2, -0.15) is 0 Å². The SMILES string of the molecule is CCCn1c2nc(C34CCC(CC3)CC4)nc-2c2n(c1=O)C[C@@H](CC)N2. The Bertz CT molecular complexity index is 844. The molecular formula is C20H29N5O. The summed E-state index contributed by atoms with van der Waals surface area (Å²) in [5, 5.41) is 3.54. The number of anilines is 1. The predicted octanol–water partition coefficient (Wildman–Crippen LogP) is 3.38. The Balaban J connectivity index is 1.69. The van der Waals surface area contributed by atoms with E-state index in [1.165, 1.54) is 38.5 Å². The van der Waals surface area contributed by atoms with Gasteiger partial charge in [-0.3, -0.25) is 9.13 Å². The van der Waals surface area contributed by atoms with E-state index in [1.54, 1.807) is 0 Å². The molecule has 3 saturated carbocycles. The van der Waals surface area contributed by atoms with Gasteiger partial charge in [0, 0.05) is 24.5 Å². The standard InChI is InChI=1S/C20H29N5O/c1-3-11-24-17-15(16-21-14(4-2)12-25(16)19(24)26)22-18(23-17)20-8-5-13(6-9-20)7-10-20/h13-14,21H,3-12H2,1-2H3/t13?,14-,20?/m1/s1. The highest BCUT2D eigenvalue weighted by Crippen LogP contribution is 2.51. The molecule has 0 aromatic rings. The van der Waals surface area contributed by atoms with Crippen molar-refractivity contribution in [2.75, 3.05) is 5.32 Å². The van der Waals surface area contributed by atoms with E-state index in [2.05, 4.69) is 19.2 Å². The highest BCUT2D eigenvalue weighted by Gasteiger charge is 2.45. The van der Waals surface area contributed by atoms with E-state index >= 15 is 0 Å². The number of imidazole rings is 1. The van der Waals surface area contributed by atoms with Crippen molar-refractivity contribution in [1.29, 1.82) is 0 Å². The van der Waals surface area contributed by atoms with Crippen molar-refractivity contribution in [3.05, 3.63) is 16.3 Å². The van der Waals surface area contributed by atoms with Crippen LogP contribution in [0.25, 0.3) is 11.5 Å². The fourth-order valence-electron chi connectivity index (χ4n) is 5.39. The molecule has 1 atom stereocenters. The summed E-state index contributed by atoms with van der Waals surface area (Å²) in [5.74, 6) is 3.62. The van der Waals surface area contributed by atoms with Crippen molar-refractivity contribution in [1.82, 2.24) is 19.1 Å². The predicted molar refractivity (Wildman–Crippen MR) is 102 cm³/mol. The van der Waals surface area contributed by atoms with Gasteiger partial charge >= 0.3 is 5.69 Å². The molecule has 26 heavy (non-hydrogen) atoms. The van der Waals surface area contributed by atoms with Crippen molar-refractivity contribution in [2.24, 2.45) is 5.92 Å². The third-order valence-electron chi connectivity index (χ3n) is 7.10. The minimum atomic E-state index is 0.0640. The van der Waals surface area contributed by atoms with E-state index in [9.17, 15) is 4.79 Å². The van der Waals surface area contributed by atoms with Gasteiger partial charge in [-0.05, 0) is 57.3 Å². The molecule has 6 aliphatic rings. The fraction of sp³-hybridized carbons (Fsp3) is 0.750. The molecule has 1 N–H and O–H groups in total. The van der Waals surface area contributed by atoms with Crippen LogP contribution < -0.4 is 11.0 Å². The van der Waals surface area contributed by atoms with Crippen molar-refractivity contribution in [3.8, 4) is 11.5 Å². The van der Waals surface area contributed by atoms with Crippen LogP contribution in [0.4, 0.5) is 5.82 Å². The lowest BCUT2D eigenvalue weighted by atomic mass is 9.60. The molecule has 6 nitrogen and oxygen atoms in total. The number of hydrogen-bond acceptors (Lipinski definition) is 4. The van der Waals surface area contributed by atoms with Crippen LogP contribution in [-0.4, -0.2) is 25.1 Å². The van der Waals surface area contributed by atoms with Crippen LogP contribution in [0, 0.1) is 5.92 Å². The first-order valence-corrected chi connectivity index (χ1v) is 10.4. The molecule has 0 spiro atoms. The monoisotopic (exact) mass is 355 g/mol. The molecule has 6 heteroatoms. The molecule has 0 saturated heterocycles. The summed E-state index contributed by atoms with van der Waals surface area (Å²) in [4.78, 5) is 23.2. The maximum Gasteiger partial charge on any atom is 0.331 e. The van der Waals surface area contributed by atoms with Gasteiger partial charge in [0.25, 0.3) is 0 Å². The van der Waals surface area contributed by atoms with Gasteiger partial charge in [-0.1, -0.05) is 13.8 Å². The highest BCUT2D eigenvalue weighted by atomic mass is 16.1. The van der Waals surface area contributed by atoms with E-state index in [4.69, 9.17) is 9.97 Å². The Morgan fingerprint density at radius 2 is 1.88 bits per heavy atom. The van der Waals surface area contributed by atoms with Gasteiger partial charge in [0.15, 0.2) is 5.82 Å². The van der Waals surface area contributed by atoms with Gasteiger partial charge < -0.3 is 5.32 Å². The van der Waals surface area contributed by atoms with Crippen LogP contribution in [0.1, 0.15) is 71.0 Å². The van der Waals surface area contributed by atoms with Gasteiger partial charge in [0.1, 0.15) is 17.3 Å². The first-order valence-electron chi connectivity index (χ1n) is 10.4. The smallest absolute Gasteiger partial charge is 0.331 e. The van der Waals surface area contributed by atoms with Crippen molar-refractivity contribution >= 4 is 5.82 Å². The van der Waals surface area contributed by atoms with Crippen LogP contribution >= 0.6 is 0 Å². The van der Waals surface area contributed by atoms with E-state index in [-0.39, 0.29) is 11.1 Å². The maximum absolute atomic E-state index is 13.1. The van der Waals surface area contributed by atoms with E-state index in [1.807, 2.05) is 9.13 Å². The number of aromatic nitrogens is 4. The molecule has 0 amide bonds. The molecule has 3 heterocycles. The molecule has 3 aliphatic carbocycles.